The zero-order valence-corrected chi connectivity index (χ0v) is 14.8. The lowest BCUT2D eigenvalue weighted by Gasteiger charge is -2.20. The number of benzene rings is 2. The Morgan fingerprint density at radius 3 is 2.17 bits per heavy atom. The highest BCUT2D eigenvalue weighted by atomic mass is 16.1. The zero-order chi connectivity index (χ0) is 17.4. The number of hydrogen-bond acceptors (Lipinski definition) is 1. The van der Waals surface area contributed by atoms with E-state index in [1.54, 1.807) is 0 Å². The highest BCUT2D eigenvalue weighted by Crippen LogP contribution is 2.27. The van der Waals surface area contributed by atoms with Gasteiger partial charge in [0.15, 0.2) is 5.78 Å². The molecule has 0 aliphatic heterocycles. The van der Waals surface area contributed by atoms with Crippen LogP contribution in [-0.4, -0.2) is 5.78 Å². The molecule has 2 unspecified atom stereocenters. The van der Waals surface area contributed by atoms with Gasteiger partial charge in [0.25, 0.3) is 0 Å². The third-order valence-electron chi connectivity index (χ3n) is 4.46. The molecule has 1 nitrogen and oxygen atoms in total. The van der Waals surface area contributed by atoms with Gasteiger partial charge in [-0.25, -0.2) is 0 Å². The maximum absolute atomic E-state index is 12.5. The minimum atomic E-state index is -0.122. The Balaban J connectivity index is 2.09. The Bertz CT molecular complexity index is 697. The number of ketones is 1. The van der Waals surface area contributed by atoms with E-state index in [1.165, 1.54) is 5.56 Å². The molecular weight excluding hydrogens is 292 g/mol. The predicted molar refractivity (Wildman–Crippen MR) is 103 cm³/mol. The van der Waals surface area contributed by atoms with E-state index in [2.05, 4.69) is 44.2 Å². The van der Waals surface area contributed by atoms with Crippen molar-refractivity contribution in [2.24, 2.45) is 11.3 Å². The van der Waals surface area contributed by atoms with Crippen molar-refractivity contribution >= 4 is 11.9 Å². The summed E-state index contributed by atoms with van der Waals surface area (Å²) < 4.78 is 0. The maximum Gasteiger partial charge on any atom is 0.169 e. The molecule has 0 amide bonds. The fourth-order valence-corrected chi connectivity index (χ4v) is 2.46. The molecular formula is C23H26O. The summed E-state index contributed by atoms with van der Waals surface area (Å²) in [6, 6.07) is 19.8. The summed E-state index contributed by atoms with van der Waals surface area (Å²) in [6.45, 7) is 6.33. The molecule has 0 fully saturated rings. The molecule has 24 heavy (non-hydrogen) atoms. The molecule has 0 N–H and O–H groups in total. The Hall–Kier alpha value is -2.41. The van der Waals surface area contributed by atoms with Gasteiger partial charge < -0.3 is 0 Å². The van der Waals surface area contributed by atoms with Crippen molar-refractivity contribution in [3.8, 4) is 0 Å². The zero-order valence-electron chi connectivity index (χ0n) is 14.8. The van der Waals surface area contributed by atoms with Gasteiger partial charge in [0, 0.05) is 16.9 Å². The molecule has 0 saturated heterocycles. The maximum atomic E-state index is 12.5. The minimum absolute atomic E-state index is 0.0545. The van der Waals surface area contributed by atoms with Crippen molar-refractivity contribution in [2.45, 2.75) is 27.2 Å². The lowest BCUT2D eigenvalue weighted by Crippen LogP contribution is -2.12. The molecule has 2 aromatic carbocycles. The monoisotopic (exact) mass is 318 g/mol. The normalized spacial score (nSPS) is 15.5. The summed E-state index contributed by atoms with van der Waals surface area (Å²) in [7, 11) is 0. The van der Waals surface area contributed by atoms with E-state index in [-0.39, 0.29) is 17.1 Å². The second-order valence-electron chi connectivity index (χ2n) is 6.48. The van der Waals surface area contributed by atoms with Crippen LogP contribution in [0, 0.1) is 11.3 Å². The lowest BCUT2D eigenvalue weighted by atomic mass is 9.84. The van der Waals surface area contributed by atoms with Gasteiger partial charge in [-0.3, -0.25) is 4.79 Å². The van der Waals surface area contributed by atoms with Crippen molar-refractivity contribution in [2.75, 3.05) is 0 Å². The summed E-state index contributed by atoms with van der Waals surface area (Å²) in [4.78, 5) is 12.5. The number of hydrogen-bond donors (Lipinski definition) is 0. The number of Topliss-reactive ketones (excluding diaryl/α,β-unsaturated/α-hetero) is 1. The van der Waals surface area contributed by atoms with E-state index in [1.807, 2.05) is 61.5 Å². The third kappa shape index (κ3) is 5.06. The fourth-order valence-electron chi connectivity index (χ4n) is 2.46. The fraction of sp³-hybridized carbons (Fsp3) is 0.261. The van der Waals surface area contributed by atoms with Crippen molar-refractivity contribution in [3.63, 3.8) is 0 Å². The quantitative estimate of drug-likeness (QED) is 0.439. The van der Waals surface area contributed by atoms with Gasteiger partial charge in [-0.2, -0.15) is 0 Å². The molecule has 0 aliphatic rings. The van der Waals surface area contributed by atoms with Gasteiger partial charge >= 0.3 is 0 Å². The Morgan fingerprint density at radius 1 is 1.00 bits per heavy atom. The van der Waals surface area contributed by atoms with E-state index in [0.29, 0.717) is 0 Å². The smallest absolute Gasteiger partial charge is 0.169 e. The van der Waals surface area contributed by atoms with Gasteiger partial charge in [0.1, 0.15) is 0 Å². The second kappa shape index (κ2) is 8.44. The van der Waals surface area contributed by atoms with Crippen LogP contribution in [0.25, 0.3) is 6.08 Å². The summed E-state index contributed by atoms with van der Waals surface area (Å²) in [5.41, 5.74) is 1.91. The first-order valence-corrected chi connectivity index (χ1v) is 8.57. The van der Waals surface area contributed by atoms with Crippen LogP contribution in [-0.2, 0) is 0 Å². The average Bonchev–Trinajstić information content (AvgIpc) is 2.65. The summed E-state index contributed by atoms with van der Waals surface area (Å²) in [5, 5.41) is 0. The molecule has 2 atom stereocenters. The SMILES string of the molecule is CCC(C)(/C=C\C(C)C(=O)c1ccccc1)/C=C/c1ccccc1. The van der Waals surface area contributed by atoms with Crippen LogP contribution in [0.3, 0.4) is 0 Å². The Kier molecular flexibility index (Phi) is 6.31. The first-order valence-electron chi connectivity index (χ1n) is 8.57. The van der Waals surface area contributed by atoms with Crippen LogP contribution in [0.1, 0.15) is 43.1 Å². The van der Waals surface area contributed by atoms with Crippen LogP contribution in [0.4, 0.5) is 0 Å². The van der Waals surface area contributed by atoms with Crippen LogP contribution in [0.5, 0.6) is 0 Å². The molecule has 124 valence electrons. The highest BCUT2D eigenvalue weighted by Gasteiger charge is 2.17. The molecule has 0 radical (unpaired) electrons. The van der Waals surface area contributed by atoms with Gasteiger partial charge in [0.2, 0.25) is 0 Å². The van der Waals surface area contributed by atoms with Crippen molar-refractivity contribution in [1.29, 1.82) is 0 Å². The van der Waals surface area contributed by atoms with E-state index in [4.69, 9.17) is 0 Å². The molecule has 0 aromatic heterocycles. The molecule has 2 rings (SSSR count). The second-order valence-corrected chi connectivity index (χ2v) is 6.48. The van der Waals surface area contributed by atoms with Gasteiger partial charge in [-0.1, -0.05) is 106 Å². The third-order valence-corrected chi connectivity index (χ3v) is 4.46. The van der Waals surface area contributed by atoms with Crippen molar-refractivity contribution in [3.05, 3.63) is 90.0 Å². The molecule has 1 heteroatoms. The summed E-state index contributed by atoms with van der Waals surface area (Å²) in [5.74, 6) is 0.0424. The van der Waals surface area contributed by atoms with E-state index in [0.717, 1.165) is 12.0 Å². The molecule has 0 bridgehead atoms. The largest absolute Gasteiger partial charge is 0.294 e. The highest BCUT2D eigenvalue weighted by molar-refractivity contribution is 5.98. The van der Waals surface area contributed by atoms with E-state index >= 15 is 0 Å². The minimum Gasteiger partial charge on any atom is -0.294 e. The molecule has 0 spiro atoms. The molecule has 2 aromatic rings. The lowest BCUT2D eigenvalue weighted by molar-refractivity contribution is 0.0953. The molecule has 0 heterocycles. The number of carbonyl (C=O) groups excluding carboxylic acids is 1. The standard InChI is InChI=1S/C23H26O/c1-4-23(3,18-16-20-11-7-5-8-12-20)17-15-19(2)22(24)21-13-9-6-10-14-21/h5-19H,4H2,1-3H3/b17-15-,18-16+. The first kappa shape index (κ1) is 17.9. The van der Waals surface area contributed by atoms with Crippen molar-refractivity contribution in [1.82, 2.24) is 0 Å². The van der Waals surface area contributed by atoms with Gasteiger partial charge in [-0.15, -0.1) is 0 Å². The first-order chi connectivity index (χ1) is 11.5. The Morgan fingerprint density at radius 2 is 1.58 bits per heavy atom. The van der Waals surface area contributed by atoms with E-state index in [9.17, 15) is 4.79 Å². The van der Waals surface area contributed by atoms with Crippen LogP contribution >= 0.6 is 0 Å². The number of carbonyl (C=O) groups is 1. The van der Waals surface area contributed by atoms with Crippen LogP contribution in [0.2, 0.25) is 0 Å². The van der Waals surface area contributed by atoms with Crippen LogP contribution in [0.15, 0.2) is 78.9 Å². The Labute approximate surface area is 145 Å². The molecule has 0 aliphatic carbocycles. The topological polar surface area (TPSA) is 17.1 Å². The van der Waals surface area contributed by atoms with Gasteiger partial charge in [0.05, 0.1) is 0 Å². The summed E-state index contributed by atoms with van der Waals surface area (Å²) in [6.07, 6.45) is 9.56. The molecule has 0 saturated carbocycles. The predicted octanol–water partition coefficient (Wildman–Crippen LogP) is 6.19. The number of allylic oxidation sites excluding steroid dienone is 3. The average molecular weight is 318 g/mol. The van der Waals surface area contributed by atoms with Crippen molar-refractivity contribution < 1.29 is 4.79 Å². The van der Waals surface area contributed by atoms with Crippen LogP contribution < -0.4 is 0 Å². The number of rotatable bonds is 7. The summed E-state index contributed by atoms with van der Waals surface area (Å²) >= 11 is 0. The van der Waals surface area contributed by atoms with Gasteiger partial charge in [-0.05, 0) is 12.0 Å². The van der Waals surface area contributed by atoms with E-state index < -0.39 is 0 Å².